The molecule has 4 rings (SSSR count). The SMILES string of the molecule is CCOC(=O)N1CCN(c2cnnc(N3c4ccccc4CC3C)n2)CC1. The predicted molar refractivity (Wildman–Crippen MR) is 102 cm³/mol. The van der Waals surface area contributed by atoms with E-state index in [0.717, 1.165) is 17.9 Å². The Kier molecular flexibility index (Phi) is 4.79. The van der Waals surface area contributed by atoms with Crippen LogP contribution >= 0.6 is 0 Å². The number of piperazine rings is 1. The van der Waals surface area contributed by atoms with E-state index in [1.165, 1.54) is 5.56 Å². The molecule has 27 heavy (non-hydrogen) atoms. The number of para-hydroxylation sites is 1. The topological polar surface area (TPSA) is 74.7 Å². The van der Waals surface area contributed by atoms with Crippen molar-refractivity contribution in [1.82, 2.24) is 20.1 Å². The lowest BCUT2D eigenvalue weighted by Gasteiger charge is -2.34. The quantitative estimate of drug-likeness (QED) is 0.822. The summed E-state index contributed by atoms with van der Waals surface area (Å²) in [6.07, 6.45) is 2.42. The van der Waals surface area contributed by atoms with Crippen molar-refractivity contribution in [3.63, 3.8) is 0 Å². The van der Waals surface area contributed by atoms with E-state index in [9.17, 15) is 4.79 Å². The minimum Gasteiger partial charge on any atom is -0.450 e. The molecule has 1 saturated heterocycles. The van der Waals surface area contributed by atoms with E-state index < -0.39 is 0 Å². The highest BCUT2D eigenvalue weighted by atomic mass is 16.6. The molecule has 2 aromatic rings. The van der Waals surface area contributed by atoms with Gasteiger partial charge in [-0.15, -0.1) is 5.10 Å². The molecule has 2 aliphatic heterocycles. The lowest BCUT2D eigenvalue weighted by molar-refractivity contribution is 0.105. The average molecular weight is 368 g/mol. The molecule has 1 atom stereocenters. The smallest absolute Gasteiger partial charge is 0.409 e. The normalized spacial score (nSPS) is 19.2. The third-order valence-electron chi connectivity index (χ3n) is 5.09. The molecule has 1 aromatic carbocycles. The van der Waals surface area contributed by atoms with Crippen molar-refractivity contribution in [3.8, 4) is 0 Å². The summed E-state index contributed by atoms with van der Waals surface area (Å²) >= 11 is 0. The molecule has 2 aliphatic rings. The van der Waals surface area contributed by atoms with E-state index in [1.807, 2.05) is 13.0 Å². The van der Waals surface area contributed by atoms with Gasteiger partial charge in [-0.1, -0.05) is 18.2 Å². The zero-order valence-electron chi connectivity index (χ0n) is 15.7. The van der Waals surface area contributed by atoms with E-state index in [2.05, 4.69) is 45.1 Å². The monoisotopic (exact) mass is 368 g/mol. The standard InChI is InChI=1S/C19H24N6O2/c1-3-27-19(26)24-10-8-23(9-11-24)17-13-20-22-18(21-17)25-14(2)12-15-6-4-5-7-16(15)25/h4-7,13-14H,3,8-12H2,1-2H3. The number of carbonyl (C=O) groups is 1. The van der Waals surface area contributed by atoms with E-state index >= 15 is 0 Å². The van der Waals surface area contributed by atoms with Crippen LogP contribution < -0.4 is 9.80 Å². The Bertz CT molecular complexity index is 821. The number of nitrogens with zero attached hydrogens (tertiary/aromatic N) is 6. The van der Waals surface area contributed by atoms with Gasteiger partial charge >= 0.3 is 6.09 Å². The number of anilines is 3. The molecule has 1 unspecified atom stereocenters. The third kappa shape index (κ3) is 3.39. The Morgan fingerprint density at radius 1 is 1.22 bits per heavy atom. The maximum absolute atomic E-state index is 11.9. The number of ether oxygens (including phenoxy) is 1. The Hall–Kier alpha value is -2.90. The minimum atomic E-state index is -0.249. The Balaban J connectivity index is 1.50. The van der Waals surface area contributed by atoms with Crippen molar-refractivity contribution in [2.24, 2.45) is 0 Å². The van der Waals surface area contributed by atoms with Gasteiger partial charge in [-0.25, -0.2) is 4.79 Å². The van der Waals surface area contributed by atoms with Gasteiger partial charge in [-0.05, 0) is 31.9 Å². The number of carbonyl (C=O) groups excluding carboxylic acids is 1. The van der Waals surface area contributed by atoms with Crippen molar-refractivity contribution in [1.29, 1.82) is 0 Å². The summed E-state index contributed by atoms with van der Waals surface area (Å²) in [6, 6.07) is 8.65. The number of benzene rings is 1. The van der Waals surface area contributed by atoms with Crippen molar-refractivity contribution in [2.75, 3.05) is 42.6 Å². The Labute approximate surface area is 158 Å². The van der Waals surface area contributed by atoms with Gasteiger partial charge in [0.05, 0.1) is 12.8 Å². The highest BCUT2D eigenvalue weighted by molar-refractivity contribution is 5.68. The van der Waals surface area contributed by atoms with Crippen LogP contribution in [0.4, 0.5) is 22.2 Å². The second-order valence-corrected chi connectivity index (χ2v) is 6.84. The van der Waals surface area contributed by atoms with Gasteiger partial charge in [-0.2, -0.15) is 10.1 Å². The molecule has 1 fully saturated rings. The maximum atomic E-state index is 11.9. The van der Waals surface area contributed by atoms with Crippen molar-refractivity contribution in [2.45, 2.75) is 26.3 Å². The summed E-state index contributed by atoms with van der Waals surface area (Å²) in [5.74, 6) is 1.41. The first kappa shape index (κ1) is 17.5. The summed E-state index contributed by atoms with van der Waals surface area (Å²) in [5.41, 5.74) is 2.46. The largest absolute Gasteiger partial charge is 0.450 e. The first-order valence-electron chi connectivity index (χ1n) is 9.41. The molecule has 8 nitrogen and oxygen atoms in total. The van der Waals surface area contributed by atoms with Gasteiger partial charge in [0, 0.05) is 37.9 Å². The van der Waals surface area contributed by atoms with Gasteiger partial charge in [0.25, 0.3) is 5.95 Å². The number of fused-ring (bicyclic) bond motifs is 1. The molecule has 3 heterocycles. The summed E-state index contributed by atoms with van der Waals surface area (Å²) in [5, 5.41) is 8.48. The Morgan fingerprint density at radius 2 is 2.00 bits per heavy atom. The fraction of sp³-hybridized carbons (Fsp3) is 0.474. The summed E-state index contributed by atoms with van der Waals surface area (Å²) in [6.45, 7) is 7.01. The molecule has 8 heteroatoms. The van der Waals surface area contributed by atoms with Gasteiger partial charge in [0.1, 0.15) is 0 Å². The van der Waals surface area contributed by atoms with Gasteiger partial charge in [-0.3, -0.25) is 0 Å². The number of amides is 1. The zero-order valence-corrected chi connectivity index (χ0v) is 15.7. The lowest BCUT2D eigenvalue weighted by Crippen LogP contribution is -2.49. The second kappa shape index (κ2) is 7.38. The summed E-state index contributed by atoms with van der Waals surface area (Å²) < 4.78 is 5.08. The van der Waals surface area contributed by atoms with E-state index in [4.69, 9.17) is 9.72 Å². The highest BCUT2D eigenvalue weighted by Gasteiger charge is 2.30. The highest BCUT2D eigenvalue weighted by Crippen LogP contribution is 2.36. The van der Waals surface area contributed by atoms with Crippen LogP contribution in [-0.2, 0) is 11.2 Å². The van der Waals surface area contributed by atoms with Crippen LogP contribution in [0.25, 0.3) is 0 Å². The van der Waals surface area contributed by atoms with Gasteiger partial charge in [0.15, 0.2) is 5.82 Å². The lowest BCUT2D eigenvalue weighted by atomic mass is 10.1. The first-order chi connectivity index (χ1) is 13.2. The van der Waals surface area contributed by atoms with Crippen LogP contribution in [0, 0.1) is 0 Å². The molecule has 1 amide bonds. The van der Waals surface area contributed by atoms with Crippen LogP contribution in [-0.4, -0.2) is 65.0 Å². The van der Waals surface area contributed by atoms with Crippen LogP contribution in [0.15, 0.2) is 30.5 Å². The third-order valence-corrected chi connectivity index (χ3v) is 5.09. The zero-order chi connectivity index (χ0) is 18.8. The first-order valence-corrected chi connectivity index (χ1v) is 9.41. The fourth-order valence-electron chi connectivity index (χ4n) is 3.74. The summed E-state index contributed by atoms with van der Waals surface area (Å²) in [4.78, 5) is 22.7. The second-order valence-electron chi connectivity index (χ2n) is 6.84. The van der Waals surface area contributed by atoms with E-state index in [-0.39, 0.29) is 6.09 Å². The predicted octanol–water partition coefficient (Wildman–Crippen LogP) is 2.23. The minimum absolute atomic E-state index is 0.249. The molecular formula is C19H24N6O2. The van der Waals surface area contributed by atoms with Crippen molar-refractivity contribution >= 4 is 23.5 Å². The van der Waals surface area contributed by atoms with Crippen molar-refractivity contribution < 1.29 is 9.53 Å². The maximum Gasteiger partial charge on any atom is 0.409 e. The van der Waals surface area contributed by atoms with Crippen LogP contribution in [0.5, 0.6) is 0 Å². The summed E-state index contributed by atoms with van der Waals surface area (Å²) in [7, 11) is 0. The molecular weight excluding hydrogens is 344 g/mol. The van der Waals surface area contributed by atoms with Crippen molar-refractivity contribution in [3.05, 3.63) is 36.0 Å². The molecule has 0 saturated carbocycles. The molecule has 1 aromatic heterocycles. The Morgan fingerprint density at radius 3 is 2.78 bits per heavy atom. The van der Waals surface area contributed by atoms with Crippen LogP contribution in [0.2, 0.25) is 0 Å². The molecule has 0 radical (unpaired) electrons. The fourth-order valence-corrected chi connectivity index (χ4v) is 3.74. The molecule has 0 bridgehead atoms. The molecule has 0 N–H and O–H groups in total. The average Bonchev–Trinajstić information content (AvgIpc) is 3.04. The number of hydrogen-bond donors (Lipinski definition) is 0. The van der Waals surface area contributed by atoms with Gasteiger partial charge in [0.2, 0.25) is 0 Å². The number of rotatable bonds is 3. The van der Waals surface area contributed by atoms with Gasteiger partial charge < -0.3 is 19.4 Å². The van der Waals surface area contributed by atoms with Crippen LogP contribution in [0.3, 0.4) is 0 Å². The molecule has 0 aliphatic carbocycles. The van der Waals surface area contributed by atoms with Crippen LogP contribution in [0.1, 0.15) is 19.4 Å². The van der Waals surface area contributed by atoms with E-state index in [1.54, 1.807) is 11.1 Å². The molecule has 0 spiro atoms. The van der Waals surface area contributed by atoms with E-state index in [0.29, 0.717) is 44.8 Å². The molecule has 142 valence electrons. The number of aromatic nitrogens is 3. The number of hydrogen-bond acceptors (Lipinski definition) is 7.